The number of aromatic nitrogens is 2. The zero-order valence-electron chi connectivity index (χ0n) is 17.8. The highest BCUT2D eigenvalue weighted by molar-refractivity contribution is 6.04. The molecule has 0 aliphatic carbocycles. The Labute approximate surface area is 207 Å². The van der Waals surface area contributed by atoms with E-state index in [1.54, 1.807) is 42.7 Å². The Bertz CT molecular complexity index is 1140. The average molecular weight is 507 g/mol. The lowest BCUT2D eigenvalue weighted by molar-refractivity contribution is -0.150. The van der Waals surface area contributed by atoms with Gasteiger partial charge in [-0.1, -0.05) is 12.1 Å². The first kappa shape index (κ1) is 26.8. The molecule has 180 valence electrons. The van der Waals surface area contributed by atoms with Crippen LogP contribution < -0.4 is 16.0 Å². The predicted molar refractivity (Wildman–Crippen MR) is 133 cm³/mol. The van der Waals surface area contributed by atoms with Gasteiger partial charge in [-0.3, -0.25) is 20.1 Å². The standard InChI is InChI=1S/C22H22N6O4.2ClH/c23-20(24)13-4-6-16(7-5-13)27-21(30)18(29)19-22(31)28(8-9-32-19)17-3-1-2-14(10-17)15-11-25-26-12-15;;/h1-7,10-12,18-19,29H,8-9H2,(H3,23,24)(H,25,26)(H,27,30);2*1H/t18?,19-;;/m1../s1. The van der Waals surface area contributed by atoms with Gasteiger partial charge in [0.2, 0.25) is 0 Å². The molecule has 1 aliphatic heterocycles. The third-order valence-electron chi connectivity index (χ3n) is 5.13. The largest absolute Gasteiger partial charge is 0.384 e. The molecular weight excluding hydrogens is 483 g/mol. The summed E-state index contributed by atoms with van der Waals surface area (Å²) in [5.74, 6) is -1.37. The summed E-state index contributed by atoms with van der Waals surface area (Å²) in [7, 11) is 0. The summed E-state index contributed by atoms with van der Waals surface area (Å²) in [6.07, 6.45) is 0.396. The predicted octanol–water partition coefficient (Wildman–Crippen LogP) is 1.94. The summed E-state index contributed by atoms with van der Waals surface area (Å²) in [6.45, 7) is 0.467. The molecule has 0 spiro atoms. The van der Waals surface area contributed by atoms with E-state index < -0.39 is 24.0 Å². The van der Waals surface area contributed by atoms with Gasteiger partial charge in [0.1, 0.15) is 5.84 Å². The van der Waals surface area contributed by atoms with Crippen LogP contribution in [0.15, 0.2) is 60.9 Å². The molecule has 2 heterocycles. The van der Waals surface area contributed by atoms with Crippen LogP contribution in [-0.2, 0) is 14.3 Å². The zero-order valence-corrected chi connectivity index (χ0v) is 19.4. The third kappa shape index (κ3) is 5.72. The fraction of sp³-hybridized carbons (Fsp3) is 0.182. The fourth-order valence-electron chi connectivity index (χ4n) is 3.44. The first-order valence-electron chi connectivity index (χ1n) is 9.89. The highest BCUT2D eigenvalue weighted by Gasteiger charge is 2.39. The minimum atomic E-state index is -1.70. The highest BCUT2D eigenvalue weighted by Crippen LogP contribution is 2.26. The highest BCUT2D eigenvalue weighted by atomic mass is 35.5. The van der Waals surface area contributed by atoms with Crippen molar-refractivity contribution < 1.29 is 19.4 Å². The molecule has 34 heavy (non-hydrogen) atoms. The Morgan fingerprint density at radius 3 is 2.62 bits per heavy atom. The Morgan fingerprint density at radius 2 is 1.97 bits per heavy atom. The number of amidine groups is 1. The van der Waals surface area contributed by atoms with Gasteiger partial charge in [0, 0.05) is 35.2 Å². The van der Waals surface area contributed by atoms with Crippen LogP contribution >= 0.6 is 24.8 Å². The van der Waals surface area contributed by atoms with Crippen LogP contribution in [0.4, 0.5) is 11.4 Å². The number of ether oxygens (including phenoxy) is 1. The van der Waals surface area contributed by atoms with E-state index in [1.807, 2.05) is 18.2 Å². The van der Waals surface area contributed by atoms with E-state index in [4.69, 9.17) is 15.9 Å². The van der Waals surface area contributed by atoms with Crippen LogP contribution in [-0.4, -0.2) is 58.3 Å². The van der Waals surface area contributed by atoms with Gasteiger partial charge in [0.05, 0.1) is 12.8 Å². The van der Waals surface area contributed by atoms with Gasteiger partial charge >= 0.3 is 0 Å². The van der Waals surface area contributed by atoms with E-state index in [0.717, 1.165) is 11.1 Å². The Morgan fingerprint density at radius 1 is 1.24 bits per heavy atom. The summed E-state index contributed by atoms with van der Waals surface area (Å²) in [5, 5.41) is 27.2. The summed E-state index contributed by atoms with van der Waals surface area (Å²) in [6, 6.07) is 13.6. The molecule has 0 bridgehead atoms. The quantitative estimate of drug-likeness (QED) is 0.254. The molecule has 12 heteroatoms. The zero-order chi connectivity index (χ0) is 22.7. The van der Waals surface area contributed by atoms with Gasteiger partial charge in [-0.05, 0) is 42.0 Å². The van der Waals surface area contributed by atoms with Crippen molar-refractivity contribution in [3.63, 3.8) is 0 Å². The van der Waals surface area contributed by atoms with E-state index in [-0.39, 0.29) is 37.3 Å². The van der Waals surface area contributed by atoms with Gasteiger partial charge in [0.15, 0.2) is 12.2 Å². The smallest absolute Gasteiger partial charge is 0.259 e. The number of nitrogens with two attached hydrogens (primary N) is 1. The van der Waals surface area contributed by atoms with Crippen molar-refractivity contribution in [2.45, 2.75) is 12.2 Å². The number of rotatable bonds is 6. The molecule has 1 saturated heterocycles. The molecule has 0 saturated carbocycles. The van der Waals surface area contributed by atoms with Gasteiger partial charge in [-0.25, -0.2) is 0 Å². The number of H-pyrrole nitrogens is 1. The SMILES string of the molecule is Cl.Cl.N=C(N)c1ccc(NC(=O)C(O)[C@H]2OCCN(c3cccc(-c4cn[nH]c4)c3)C2=O)cc1. The Balaban J connectivity index is 0.00000204. The van der Waals surface area contributed by atoms with Gasteiger partial charge in [0.25, 0.3) is 11.8 Å². The average Bonchev–Trinajstić information content (AvgIpc) is 3.34. The number of aliphatic hydroxyl groups is 1. The third-order valence-corrected chi connectivity index (χ3v) is 5.13. The van der Waals surface area contributed by atoms with Gasteiger partial charge in [-0.15, -0.1) is 24.8 Å². The molecule has 4 rings (SSSR count). The Kier molecular flexibility index (Phi) is 9.16. The maximum absolute atomic E-state index is 13.0. The van der Waals surface area contributed by atoms with Crippen molar-refractivity contribution in [3.05, 3.63) is 66.5 Å². The van der Waals surface area contributed by atoms with E-state index in [9.17, 15) is 14.7 Å². The normalized spacial score (nSPS) is 16.1. The molecule has 6 N–H and O–H groups in total. The lowest BCUT2D eigenvalue weighted by Crippen LogP contribution is -2.55. The van der Waals surface area contributed by atoms with Crippen LogP contribution in [0.2, 0.25) is 0 Å². The van der Waals surface area contributed by atoms with Crippen LogP contribution in [0.25, 0.3) is 11.1 Å². The fourth-order valence-corrected chi connectivity index (χ4v) is 3.44. The van der Waals surface area contributed by atoms with Gasteiger partial charge in [-0.2, -0.15) is 5.10 Å². The number of morpholine rings is 1. The minimum absolute atomic E-state index is 0. The molecule has 0 radical (unpaired) electrons. The van der Waals surface area contributed by atoms with E-state index >= 15 is 0 Å². The number of carbonyl (C=O) groups excluding carboxylic acids is 2. The van der Waals surface area contributed by atoms with Crippen LogP contribution in [0.1, 0.15) is 5.56 Å². The second-order valence-electron chi connectivity index (χ2n) is 7.24. The van der Waals surface area contributed by atoms with Gasteiger partial charge < -0.3 is 25.8 Å². The molecule has 1 aliphatic rings. The minimum Gasteiger partial charge on any atom is -0.384 e. The molecule has 1 fully saturated rings. The first-order chi connectivity index (χ1) is 15.4. The number of carbonyl (C=O) groups is 2. The number of anilines is 2. The Hall–Kier alpha value is -3.44. The van der Waals surface area contributed by atoms with Crippen molar-refractivity contribution in [2.75, 3.05) is 23.4 Å². The number of amides is 2. The van der Waals surface area contributed by atoms with Crippen molar-refractivity contribution in [3.8, 4) is 11.1 Å². The maximum Gasteiger partial charge on any atom is 0.259 e. The van der Waals surface area contributed by atoms with Crippen molar-refractivity contribution in [1.82, 2.24) is 10.2 Å². The molecule has 1 aromatic heterocycles. The van der Waals surface area contributed by atoms with Crippen molar-refractivity contribution in [1.29, 1.82) is 5.41 Å². The monoisotopic (exact) mass is 506 g/mol. The lowest BCUT2D eigenvalue weighted by Gasteiger charge is -2.34. The first-order valence-corrected chi connectivity index (χ1v) is 9.89. The molecule has 2 aromatic carbocycles. The number of halogens is 2. The number of hydrogen-bond donors (Lipinski definition) is 5. The number of benzene rings is 2. The van der Waals surface area contributed by atoms with E-state index in [0.29, 0.717) is 23.5 Å². The summed E-state index contributed by atoms with van der Waals surface area (Å²) < 4.78 is 5.45. The molecular formula is C22H24Cl2N6O4. The number of nitrogen functional groups attached to an aromatic ring is 1. The summed E-state index contributed by atoms with van der Waals surface area (Å²) in [4.78, 5) is 27.1. The molecule has 2 amide bonds. The number of nitrogens with zero attached hydrogens (tertiary/aromatic N) is 2. The van der Waals surface area contributed by atoms with Crippen LogP contribution in [0.5, 0.6) is 0 Å². The van der Waals surface area contributed by atoms with E-state index in [1.165, 1.54) is 4.90 Å². The summed E-state index contributed by atoms with van der Waals surface area (Å²) >= 11 is 0. The maximum atomic E-state index is 13.0. The lowest BCUT2D eigenvalue weighted by atomic mass is 10.1. The second-order valence-corrected chi connectivity index (χ2v) is 7.24. The van der Waals surface area contributed by atoms with Crippen molar-refractivity contribution in [2.24, 2.45) is 5.73 Å². The van der Waals surface area contributed by atoms with E-state index in [2.05, 4.69) is 15.5 Å². The molecule has 3 aromatic rings. The molecule has 10 nitrogen and oxygen atoms in total. The number of nitrogens with one attached hydrogen (secondary N) is 3. The van der Waals surface area contributed by atoms with Crippen LogP contribution in [0, 0.1) is 5.41 Å². The molecule has 1 unspecified atom stereocenters. The number of aromatic amines is 1. The second kappa shape index (κ2) is 11.6. The summed E-state index contributed by atoms with van der Waals surface area (Å²) in [5.41, 5.74) is 8.70. The topological polar surface area (TPSA) is 157 Å². The van der Waals surface area contributed by atoms with Crippen molar-refractivity contribution >= 4 is 53.8 Å². The molecule has 2 atom stereocenters. The van der Waals surface area contributed by atoms with Crippen LogP contribution in [0.3, 0.4) is 0 Å². The number of aliphatic hydroxyl groups excluding tert-OH is 1. The number of hydrogen-bond acceptors (Lipinski definition) is 6.